The average Bonchev–Trinajstić information content (AvgIpc) is 2.56. The van der Waals surface area contributed by atoms with Gasteiger partial charge in [0.2, 0.25) is 5.88 Å². The van der Waals surface area contributed by atoms with Gasteiger partial charge in [0.1, 0.15) is 23.2 Å². The summed E-state index contributed by atoms with van der Waals surface area (Å²) in [6, 6.07) is 7.76. The molecule has 0 saturated heterocycles. The molecule has 0 fully saturated rings. The van der Waals surface area contributed by atoms with Crippen molar-refractivity contribution in [2.45, 2.75) is 12.8 Å². The number of aromatic hydroxyl groups is 1. The standard InChI is InChI=1S/C16H11FN2O5/c17-10-1-3-11(4-2-10)24-13-7-9(8-18)16(23)15(19-13)12(20)5-6-14(21)22/h1-4,7,23H,5-6H2,(H,21,22). The van der Waals surface area contributed by atoms with E-state index in [9.17, 15) is 19.1 Å². The fraction of sp³-hybridized carbons (Fsp3) is 0.125. The van der Waals surface area contributed by atoms with Crippen molar-refractivity contribution in [1.82, 2.24) is 4.98 Å². The summed E-state index contributed by atoms with van der Waals surface area (Å²) in [5.41, 5.74) is -0.701. The van der Waals surface area contributed by atoms with Crippen molar-refractivity contribution >= 4 is 11.8 Å². The summed E-state index contributed by atoms with van der Waals surface area (Å²) in [6.45, 7) is 0. The fourth-order valence-electron chi connectivity index (χ4n) is 1.81. The van der Waals surface area contributed by atoms with Gasteiger partial charge in [-0.15, -0.1) is 0 Å². The van der Waals surface area contributed by atoms with Crippen molar-refractivity contribution in [2.24, 2.45) is 0 Å². The van der Waals surface area contributed by atoms with E-state index in [4.69, 9.17) is 15.1 Å². The van der Waals surface area contributed by atoms with E-state index in [1.807, 2.05) is 0 Å². The van der Waals surface area contributed by atoms with Crippen LogP contribution in [0.3, 0.4) is 0 Å². The highest BCUT2D eigenvalue weighted by Crippen LogP contribution is 2.28. The highest BCUT2D eigenvalue weighted by molar-refractivity contribution is 5.98. The zero-order chi connectivity index (χ0) is 17.7. The Hall–Kier alpha value is -3.47. The number of aliphatic carboxylic acids is 1. The van der Waals surface area contributed by atoms with Crippen LogP contribution in [-0.4, -0.2) is 26.9 Å². The maximum atomic E-state index is 12.9. The molecule has 1 aromatic carbocycles. The van der Waals surface area contributed by atoms with E-state index in [2.05, 4.69) is 4.98 Å². The molecule has 2 N–H and O–H groups in total. The van der Waals surface area contributed by atoms with E-state index in [1.165, 1.54) is 12.1 Å². The molecule has 122 valence electrons. The number of carboxylic acid groups (broad SMARTS) is 1. The highest BCUT2D eigenvalue weighted by Gasteiger charge is 2.20. The van der Waals surface area contributed by atoms with Gasteiger partial charge in [0.05, 0.1) is 6.42 Å². The third kappa shape index (κ3) is 4.04. The minimum atomic E-state index is -1.18. The van der Waals surface area contributed by atoms with Crippen LogP contribution in [0.15, 0.2) is 30.3 Å². The molecule has 1 heterocycles. The zero-order valence-electron chi connectivity index (χ0n) is 12.2. The Balaban J connectivity index is 2.34. The van der Waals surface area contributed by atoms with E-state index in [0.717, 1.165) is 18.2 Å². The number of Topliss-reactive ketones (excluding diaryl/α,β-unsaturated/α-hetero) is 1. The molecule has 2 rings (SSSR count). The number of pyridine rings is 1. The Morgan fingerprint density at radius 1 is 1.25 bits per heavy atom. The van der Waals surface area contributed by atoms with Gasteiger partial charge in [0.25, 0.3) is 0 Å². The van der Waals surface area contributed by atoms with Gasteiger partial charge in [-0.05, 0) is 24.3 Å². The van der Waals surface area contributed by atoms with Crippen LogP contribution in [0.2, 0.25) is 0 Å². The van der Waals surface area contributed by atoms with Crippen LogP contribution in [0, 0.1) is 17.1 Å². The quantitative estimate of drug-likeness (QED) is 0.781. The maximum Gasteiger partial charge on any atom is 0.303 e. The molecule has 0 saturated carbocycles. The van der Waals surface area contributed by atoms with Gasteiger partial charge in [-0.1, -0.05) is 0 Å². The van der Waals surface area contributed by atoms with Crippen molar-refractivity contribution in [2.75, 3.05) is 0 Å². The molecular formula is C16H11FN2O5. The molecule has 0 atom stereocenters. The Morgan fingerprint density at radius 3 is 2.50 bits per heavy atom. The third-order valence-corrected chi connectivity index (χ3v) is 2.96. The molecule has 0 aliphatic rings. The maximum absolute atomic E-state index is 12.9. The van der Waals surface area contributed by atoms with Gasteiger partial charge in [0, 0.05) is 12.5 Å². The molecule has 0 aliphatic heterocycles. The molecule has 1 aromatic heterocycles. The normalized spacial score (nSPS) is 10.0. The summed E-state index contributed by atoms with van der Waals surface area (Å²) in [5, 5.41) is 27.5. The first-order chi connectivity index (χ1) is 11.4. The van der Waals surface area contributed by atoms with Crippen LogP contribution >= 0.6 is 0 Å². The van der Waals surface area contributed by atoms with E-state index >= 15 is 0 Å². The van der Waals surface area contributed by atoms with Crippen LogP contribution < -0.4 is 4.74 Å². The summed E-state index contributed by atoms with van der Waals surface area (Å²) in [6.07, 6.45) is -0.828. The summed E-state index contributed by atoms with van der Waals surface area (Å²) in [7, 11) is 0. The van der Waals surface area contributed by atoms with E-state index in [0.29, 0.717) is 0 Å². The average molecular weight is 330 g/mol. The summed E-state index contributed by atoms with van der Waals surface area (Å²) < 4.78 is 18.2. The molecule has 0 spiro atoms. The molecular weight excluding hydrogens is 319 g/mol. The van der Waals surface area contributed by atoms with Crippen LogP contribution in [0.1, 0.15) is 28.9 Å². The Kier molecular flexibility index (Phi) is 5.06. The number of carboxylic acids is 1. The van der Waals surface area contributed by atoms with Crippen molar-refractivity contribution in [3.05, 3.63) is 47.4 Å². The number of aromatic nitrogens is 1. The molecule has 7 nitrogen and oxygen atoms in total. The molecule has 2 aromatic rings. The summed E-state index contributed by atoms with van der Waals surface area (Å²) >= 11 is 0. The second-order valence-corrected chi connectivity index (χ2v) is 4.69. The number of halogens is 1. The molecule has 0 bridgehead atoms. The summed E-state index contributed by atoms with van der Waals surface area (Å²) in [4.78, 5) is 26.3. The Morgan fingerprint density at radius 2 is 1.92 bits per heavy atom. The lowest BCUT2D eigenvalue weighted by molar-refractivity contribution is -0.136. The first kappa shape index (κ1) is 16.9. The summed E-state index contributed by atoms with van der Waals surface area (Å²) in [5.74, 6) is -2.97. The fourth-order valence-corrected chi connectivity index (χ4v) is 1.81. The second-order valence-electron chi connectivity index (χ2n) is 4.69. The number of hydrogen-bond donors (Lipinski definition) is 2. The molecule has 8 heteroatoms. The molecule has 24 heavy (non-hydrogen) atoms. The van der Waals surface area contributed by atoms with Crippen LogP contribution in [0.4, 0.5) is 4.39 Å². The number of carbonyl (C=O) groups excluding carboxylic acids is 1. The monoisotopic (exact) mass is 330 g/mol. The zero-order valence-corrected chi connectivity index (χ0v) is 12.2. The Bertz CT molecular complexity index is 828. The number of rotatable bonds is 6. The lowest BCUT2D eigenvalue weighted by Crippen LogP contribution is -2.07. The highest BCUT2D eigenvalue weighted by atomic mass is 19.1. The number of benzene rings is 1. The predicted octanol–water partition coefficient (Wildman–Crippen LogP) is 2.64. The molecule has 0 aliphatic carbocycles. The minimum Gasteiger partial charge on any atom is -0.504 e. The van der Waals surface area contributed by atoms with Gasteiger partial charge >= 0.3 is 5.97 Å². The number of ketones is 1. The minimum absolute atomic E-state index is 0.158. The van der Waals surface area contributed by atoms with Gasteiger partial charge in [-0.25, -0.2) is 9.37 Å². The third-order valence-electron chi connectivity index (χ3n) is 2.96. The number of nitriles is 1. The van der Waals surface area contributed by atoms with Crippen molar-refractivity contribution in [3.8, 4) is 23.4 Å². The number of ether oxygens (including phenoxy) is 1. The predicted molar refractivity (Wildman–Crippen MR) is 78.3 cm³/mol. The first-order valence-electron chi connectivity index (χ1n) is 6.73. The van der Waals surface area contributed by atoms with E-state index < -0.39 is 35.4 Å². The second kappa shape index (κ2) is 7.19. The van der Waals surface area contributed by atoms with E-state index in [1.54, 1.807) is 6.07 Å². The number of hydrogen-bond acceptors (Lipinski definition) is 6. The van der Waals surface area contributed by atoms with Gasteiger partial charge in [-0.3, -0.25) is 9.59 Å². The number of carbonyl (C=O) groups is 2. The van der Waals surface area contributed by atoms with Crippen molar-refractivity contribution < 1.29 is 28.9 Å². The molecule has 0 unspecified atom stereocenters. The Labute approximate surface area is 135 Å². The molecule has 0 radical (unpaired) electrons. The molecule has 0 amide bonds. The topological polar surface area (TPSA) is 121 Å². The smallest absolute Gasteiger partial charge is 0.303 e. The lowest BCUT2D eigenvalue weighted by atomic mass is 10.1. The van der Waals surface area contributed by atoms with Crippen LogP contribution in [-0.2, 0) is 4.79 Å². The SMILES string of the molecule is N#Cc1cc(Oc2ccc(F)cc2)nc(C(=O)CCC(=O)O)c1O. The van der Waals surface area contributed by atoms with Crippen LogP contribution in [0.25, 0.3) is 0 Å². The first-order valence-corrected chi connectivity index (χ1v) is 6.73. The van der Waals surface area contributed by atoms with Gasteiger partial charge in [0.15, 0.2) is 17.2 Å². The number of nitrogens with zero attached hydrogens (tertiary/aromatic N) is 2. The van der Waals surface area contributed by atoms with Gasteiger partial charge in [-0.2, -0.15) is 5.26 Å². The van der Waals surface area contributed by atoms with Gasteiger partial charge < -0.3 is 14.9 Å². The van der Waals surface area contributed by atoms with Crippen LogP contribution in [0.5, 0.6) is 17.4 Å². The lowest BCUT2D eigenvalue weighted by Gasteiger charge is -2.09. The van der Waals surface area contributed by atoms with E-state index in [-0.39, 0.29) is 23.6 Å². The largest absolute Gasteiger partial charge is 0.504 e. The van der Waals surface area contributed by atoms with Crippen molar-refractivity contribution in [3.63, 3.8) is 0 Å². The van der Waals surface area contributed by atoms with Crippen molar-refractivity contribution in [1.29, 1.82) is 5.26 Å².